The minimum absolute atomic E-state index is 0.0118. The molecule has 0 bridgehead atoms. The smallest absolute Gasteiger partial charge is 0.0159 e. The minimum Gasteiger partial charge on any atom is -0.0619 e. The Bertz CT molecular complexity index is 1360. The van der Waals surface area contributed by atoms with E-state index in [0.29, 0.717) is 0 Å². The van der Waals surface area contributed by atoms with E-state index in [4.69, 9.17) is 0 Å². The summed E-state index contributed by atoms with van der Waals surface area (Å²) >= 11 is 0. The molecule has 4 aromatic carbocycles. The molecule has 0 N–H and O–H groups in total. The first-order chi connectivity index (χ1) is 14.8. The van der Waals surface area contributed by atoms with E-state index in [0.717, 1.165) is 0 Å². The van der Waals surface area contributed by atoms with Gasteiger partial charge in [0.2, 0.25) is 0 Å². The Balaban J connectivity index is 1.56. The largest absolute Gasteiger partial charge is 0.0619 e. The van der Waals surface area contributed by atoms with Crippen LogP contribution in [-0.2, 0) is 10.8 Å². The molecular weight excluding hydrogens is 372 g/mol. The van der Waals surface area contributed by atoms with E-state index in [2.05, 4.69) is 113 Å². The van der Waals surface area contributed by atoms with E-state index in [1.54, 1.807) is 0 Å². The zero-order valence-electron chi connectivity index (χ0n) is 19.0. The summed E-state index contributed by atoms with van der Waals surface area (Å²) in [5, 5.41) is 0. The van der Waals surface area contributed by atoms with Gasteiger partial charge in [0.15, 0.2) is 0 Å². The van der Waals surface area contributed by atoms with Crippen molar-refractivity contribution in [2.45, 2.75) is 45.4 Å². The van der Waals surface area contributed by atoms with Gasteiger partial charge >= 0.3 is 0 Å². The lowest BCUT2D eigenvalue weighted by atomic mass is 9.79. The van der Waals surface area contributed by atoms with Gasteiger partial charge < -0.3 is 0 Å². The lowest BCUT2D eigenvalue weighted by Gasteiger charge is -2.24. The molecule has 2 aliphatic rings. The number of aryl methyl sites for hydroxylation is 1. The number of benzene rings is 4. The molecule has 0 nitrogen and oxygen atoms in total. The van der Waals surface area contributed by atoms with E-state index >= 15 is 0 Å². The fraction of sp³-hybridized carbons (Fsp3) is 0.226. The third kappa shape index (κ3) is 2.42. The Kier molecular flexibility index (Phi) is 3.59. The average Bonchev–Trinajstić information content (AvgIpc) is 3.13. The SMILES string of the molecule is Cc1ccc(-c2ccc3c(c2)C(C)(C)c2cc4c(cc2-3)C(C)(C)c2ccccc2-4)cc1. The predicted octanol–water partition coefficient (Wildman–Crippen LogP) is 8.27. The Hall–Kier alpha value is -3.12. The zero-order chi connectivity index (χ0) is 21.5. The van der Waals surface area contributed by atoms with Crippen molar-refractivity contribution < 1.29 is 0 Å². The normalized spacial score (nSPS) is 16.4. The highest BCUT2D eigenvalue weighted by atomic mass is 14.4. The van der Waals surface area contributed by atoms with Gasteiger partial charge in [0, 0.05) is 10.8 Å². The highest BCUT2D eigenvalue weighted by molar-refractivity contribution is 5.90. The van der Waals surface area contributed by atoms with Crippen LogP contribution in [0.2, 0.25) is 0 Å². The standard InChI is InChI=1S/C31H28/c1-19-10-12-20(13-11-19)21-14-15-23-25-18-28-24(17-29(25)31(4,5)27(23)16-21)22-8-6-7-9-26(22)30(28,2)3/h6-18H,1-5H3. The van der Waals surface area contributed by atoms with Crippen LogP contribution in [0.5, 0.6) is 0 Å². The van der Waals surface area contributed by atoms with Gasteiger partial charge in [-0.2, -0.15) is 0 Å². The van der Waals surface area contributed by atoms with Crippen molar-refractivity contribution in [2.24, 2.45) is 0 Å². The molecule has 2 aliphatic carbocycles. The quantitative estimate of drug-likeness (QED) is 0.301. The molecule has 0 aromatic heterocycles. The summed E-state index contributed by atoms with van der Waals surface area (Å²) in [6.45, 7) is 11.6. The molecule has 0 saturated carbocycles. The Morgan fingerprint density at radius 3 is 1.65 bits per heavy atom. The minimum atomic E-state index is -0.0118. The van der Waals surface area contributed by atoms with Gasteiger partial charge in [0.25, 0.3) is 0 Å². The highest BCUT2D eigenvalue weighted by Gasteiger charge is 2.41. The predicted molar refractivity (Wildman–Crippen MR) is 132 cm³/mol. The zero-order valence-corrected chi connectivity index (χ0v) is 19.0. The number of hydrogen-bond acceptors (Lipinski definition) is 0. The first-order valence-electron chi connectivity index (χ1n) is 11.3. The molecule has 0 heterocycles. The molecule has 0 unspecified atom stereocenters. The van der Waals surface area contributed by atoms with Crippen LogP contribution in [-0.4, -0.2) is 0 Å². The molecule has 6 rings (SSSR count). The third-order valence-electron chi connectivity index (χ3n) is 7.76. The molecule has 152 valence electrons. The van der Waals surface area contributed by atoms with Crippen LogP contribution in [0.15, 0.2) is 78.9 Å². The van der Waals surface area contributed by atoms with Gasteiger partial charge in [-0.15, -0.1) is 0 Å². The fourth-order valence-electron chi connectivity index (χ4n) is 5.85. The Morgan fingerprint density at radius 1 is 0.452 bits per heavy atom. The van der Waals surface area contributed by atoms with Crippen molar-refractivity contribution in [3.05, 3.63) is 107 Å². The highest BCUT2D eigenvalue weighted by Crippen LogP contribution is 2.56. The molecule has 0 amide bonds. The second-order valence-corrected chi connectivity index (χ2v) is 10.4. The van der Waals surface area contributed by atoms with Crippen LogP contribution in [0, 0.1) is 6.92 Å². The Morgan fingerprint density at radius 2 is 0.968 bits per heavy atom. The molecule has 4 aromatic rings. The van der Waals surface area contributed by atoms with Crippen molar-refractivity contribution in [1.82, 2.24) is 0 Å². The molecular formula is C31H28. The number of hydrogen-bond donors (Lipinski definition) is 0. The van der Waals surface area contributed by atoms with Crippen LogP contribution in [0.25, 0.3) is 33.4 Å². The second kappa shape index (κ2) is 5.98. The summed E-state index contributed by atoms with van der Waals surface area (Å²) in [6.07, 6.45) is 0. The molecule has 0 atom stereocenters. The molecule has 0 heteroatoms. The van der Waals surface area contributed by atoms with Gasteiger partial charge in [-0.05, 0) is 80.8 Å². The Labute approximate surface area is 185 Å². The molecule has 0 aliphatic heterocycles. The average molecular weight is 401 g/mol. The summed E-state index contributed by atoms with van der Waals surface area (Å²) in [5.74, 6) is 0. The van der Waals surface area contributed by atoms with Gasteiger partial charge in [0.1, 0.15) is 0 Å². The lowest BCUT2D eigenvalue weighted by molar-refractivity contribution is 0.652. The molecule has 31 heavy (non-hydrogen) atoms. The lowest BCUT2D eigenvalue weighted by Crippen LogP contribution is -2.17. The molecule has 0 fully saturated rings. The van der Waals surface area contributed by atoms with E-state index in [1.165, 1.54) is 61.2 Å². The van der Waals surface area contributed by atoms with Crippen LogP contribution >= 0.6 is 0 Å². The summed E-state index contributed by atoms with van der Waals surface area (Å²) in [5.41, 5.74) is 15.3. The van der Waals surface area contributed by atoms with Crippen LogP contribution < -0.4 is 0 Å². The fourth-order valence-corrected chi connectivity index (χ4v) is 5.85. The molecule has 0 spiro atoms. The van der Waals surface area contributed by atoms with Gasteiger partial charge in [0.05, 0.1) is 0 Å². The van der Waals surface area contributed by atoms with E-state index in [-0.39, 0.29) is 10.8 Å². The second-order valence-electron chi connectivity index (χ2n) is 10.4. The van der Waals surface area contributed by atoms with Crippen molar-refractivity contribution in [3.8, 4) is 33.4 Å². The maximum atomic E-state index is 2.49. The number of fused-ring (bicyclic) bond motifs is 6. The first kappa shape index (κ1) is 18.6. The topological polar surface area (TPSA) is 0 Å². The van der Waals surface area contributed by atoms with Gasteiger partial charge in [-0.25, -0.2) is 0 Å². The van der Waals surface area contributed by atoms with Crippen LogP contribution in [0.3, 0.4) is 0 Å². The monoisotopic (exact) mass is 400 g/mol. The van der Waals surface area contributed by atoms with Gasteiger partial charge in [-0.1, -0.05) is 93.9 Å². The third-order valence-corrected chi connectivity index (χ3v) is 7.76. The summed E-state index contributed by atoms with van der Waals surface area (Å²) < 4.78 is 0. The summed E-state index contributed by atoms with van der Waals surface area (Å²) in [7, 11) is 0. The van der Waals surface area contributed by atoms with Crippen molar-refractivity contribution >= 4 is 0 Å². The van der Waals surface area contributed by atoms with Gasteiger partial charge in [-0.3, -0.25) is 0 Å². The maximum absolute atomic E-state index is 2.49. The summed E-state index contributed by atoms with van der Waals surface area (Å²) in [6, 6.07) is 29.9. The van der Waals surface area contributed by atoms with E-state index < -0.39 is 0 Å². The number of rotatable bonds is 1. The molecule has 0 radical (unpaired) electrons. The van der Waals surface area contributed by atoms with Crippen LogP contribution in [0.4, 0.5) is 0 Å². The first-order valence-corrected chi connectivity index (χ1v) is 11.3. The van der Waals surface area contributed by atoms with E-state index in [1.807, 2.05) is 0 Å². The van der Waals surface area contributed by atoms with E-state index in [9.17, 15) is 0 Å². The van der Waals surface area contributed by atoms with Crippen LogP contribution in [0.1, 0.15) is 55.5 Å². The van der Waals surface area contributed by atoms with Crippen molar-refractivity contribution in [1.29, 1.82) is 0 Å². The molecule has 0 saturated heterocycles. The summed E-state index contributed by atoms with van der Waals surface area (Å²) in [4.78, 5) is 0. The maximum Gasteiger partial charge on any atom is 0.0159 e. The van der Waals surface area contributed by atoms with Crippen molar-refractivity contribution in [2.75, 3.05) is 0 Å². The van der Waals surface area contributed by atoms with Crippen molar-refractivity contribution in [3.63, 3.8) is 0 Å².